The lowest BCUT2D eigenvalue weighted by atomic mass is 9.98. The van der Waals surface area contributed by atoms with Crippen LogP contribution in [-0.4, -0.2) is 63.7 Å². The number of phenols is 1. The number of rotatable bonds is 17. The minimum absolute atomic E-state index is 0.0914. The molecule has 0 saturated heterocycles. The lowest BCUT2D eigenvalue weighted by Crippen LogP contribution is -2.55. The van der Waals surface area contributed by atoms with Gasteiger partial charge in [-0.3, -0.25) is 9.59 Å². The van der Waals surface area contributed by atoms with Crippen molar-refractivity contribution in [2.45, 2.75) is 123 Å². The van der Waals surface area contributed by atoms with E-state index in [9.17, 15) is 24.3 Å². The second-order valence-electron chi connectivity index (χ2n) is 15.1. The first kappa shape index (κ1) is 41.6. The molecular formula is C42H57N3O7. The highest BCUT2D eigenvalue weighted by Gasteiger charge is 2.38. The first-order chi connectivity index (χ1) is 24.6. The Hall–Kier alpha value is -4.86. The predicted octanol–water partition coefficient (Wildman–Crippen LogP) is 7.44. The van der Waals surface area contributed by atoms with Gasteiger partial charge in [-0.1, -0.05) is 105 Å². The van der Waals surface area contributed by atoms with E-state index in [4.69, 9.17) is 9.47 Å². The van der Waals surface area contributed by atoms with Crippen molar-refractivity contribution in [3.8, 4) is 5.75 Å². The summed E-state index contributed by atoms with van der Waals surface area (Å²) in [4.78, 5) is 57.8. The summed E-state index contributed by atoms with van der Waals surface area (Å²) in [6, 6.07) is 21.3. The number of nitrogens with one attached hydrogen (secondary N) is 2. The van der Waals surface area contributed by atoms with E-state index in [0.717, 1.165) is 36.8 Å². The quantitative estimate of drug-likeness (QED) is 0.0977. The molecule has 0 saturated carbocycles. The Morgan fingerprint density at radius 2 is 1.25 bits per heavy atom. The van der Waals surface area contributed by atoms with Crippen molar-refractivity contribution in [1.29, 1.82) is 0 Å². The van der Waals surface area contributed by atoms with Gasteiger partial charge in [-0.2, -0.15) is 0 Å². The fourth-order valence-corrected chi connectivity index (χ4v) is 5.79. The standard InChI is InChI=1S/C42H57N3O7/c1-8-9-10-11-18-26-45(38(48)34(27-30-20-14-12-15-21-30)44-40(50)52-42(5,6)7)36(32-24-19-25-33(46)29-32)37(47)43-35(39(49)51-41(2,3)4)28-31-22-16-13-17-23-31/h12-17,19-25,29,34-36,46H,8-11,18,26-28H2,1-7H3,(H,43,47)(H,44,50). The van der Waals surface area contributed by atoms with Crippen LogP contribution in [0.25, 0.3) is 0 Å². The van der Waals surface area contributed by atoms with Crippen molar-refractivity contribution < 1.29 is 33.8 Å². The third-order valence-corrected chi connectivity index (χ3v) is 8.09. The zero-order chi connectivity index (χ0) is 38.3. The average molecular weight is 716 g/mol. The lowest BCUT2D eigenvalue weighted by molar-refractivity contribution is -0.159. The van der Waals surface area contributed by atoms with Crippen LogP contribution in [0.4, 0.5) is 4.79 Å². The largest absolute Gasteiger partial charge is 0.508 e. The van der Waals surface area contributed by atoms with Gasteiger partial charge in [0, 0.05) is 19.4 Å². The minimum Gasteiger partial charge on any atom is -0.508 e. The highest BCUT2D eigenvalue weighted by Crippen LogP contribution is 2.27. The number of esters is 1. The van der Waals surface area contributed by atoms with Gasteiger partial charge in [-0.05, 0) is 76.8 Å². The van der Waals surface area contributed by atoms with Crippen LogP contribution in [0.3, 0.4) is 0 Å². The molecule has 10 heteroatoms. The van der Waals surface area contributed by atoms with E-state index in [1.54, 1.807) is 53.7 Å². The van der Waals surface area contributed by atoms with Crippen molar-refractivity contribution in [2.75, 3.05) is 6.54 Å². The van der Waals surface area contributed by atoms with Gasteiger partial charge in [0.15, 0.2) is 0 Å². The molecular weight excluding hydrogens is 658 g/mol. The maximum absolute atomic E-state index is 14.9. The van der Waals surface area contributed by atoms with Crippen molar-refractivity contribution in [2.24, 2.45) is 0 Å². The van der Waals surface area contributed by atoms with Gasteiger partial charge in [-0.15, -0.1) is 0 Å². The lowest BCUT2D eigenvalue weighted by Gasteiger charge is -2.35. The van der Waals surface area contributed by atoms with E-state index in [0.29, 0.717) is 12.0 Å². The molecule has 3 atom stereocenters. The van der Waals surface area contributed by atoms with E-state index in [1.807, 2.05) is 60.7 Å². The second kappa shape index (κ2) is 19.7. The van der Waals surface area contributed by atoms with Crippen LogP contribution in [0.5, 0.6) is 5.75 Å². The van der Waals surface area contributed by atoms with Crippen LogP contribution < -0.4 is 10.6 Å². The Morgan fingerprint density at radius 1 is 0.692 bits per heavy atom. The third-order valence-electron chi connectivity index (χ3n) is 8.09. The molecule has 0 aromatic heterocycles. The molecule has 10 nitrogen and oxygen atoms in total. The van der Waals surface area contributed by atoms with Gasteiger partial charge in [0.2, 0.25) is 11.8 Å². The summed E-state index contributed by atoms with van der Waals surface area (Å²) in [5.41, 5.74) is 0.313. The molecule has 3 rings (SSSR count). The van der Waals surface area contributed by atoms with Gasteiger partial charge >= 0.3 is 12.1 Å². The van der Waals surface area contributed by atoms with Crippen molar-refractivity contribution >= 4 is 23.9 Å². The number of unbranched alkanes of at least 4 members (excludes halogenated alkanes) is 4. The van der Waals surface area contributed by atoms with Gasteiger partial charge < -0.3 is 30.1 Å². The number of amides is 3. The average Bonchev–Trinajstić information content (AvgIpc) is 3.06. The summed E-state index contributed by atoms with van der Waals surface area (Å²) in [5, 5.41) is 16.3. The smallest absolute Gasteiger partial charge is 0.408 e. The number of hydrogen-bond donors (Lipinski definition) is 3. The molecule has 3 unspecified atom stereocenters. The minimum atomic E-state index is -1.27. The predicted molar refractivity (Wildman–Crippen MR) is 203 cm³/mol. The summed E-state index contributed by atoms with van der Waals surface area (Å²) in [6.07, 6.45) is 3.91. The van der Waals surface area contributed by atoms with Crippen LogP contribution in [-0.2, 0) is 36.7 Å². The monoisotopic (exact) mass is 715 g/mol. The fraction of sp³-hybridized carbons (Fsp3) is 0.476. The zero-order valence-electron chi connectivity index (χ0n) is 31.8. The number of nitrogens with zero attached hydrogens (tertiary/aromatic N) is 1. The number of ether oxygens (including phenoxy) is 2. The van der Waals surface area contributed by atoms with Crippen LogP contribution in [0, 0.1) is 0 Å². The molecule has 3 aromatic rings. The van der Waals surface area contributed by atoms with Gasteiger partial charge in [0.05, 0.1) is 0 Å². The van der Waals surface area contributed by atoms with Gasteiger partial charge in [0.1, 0.15) is 35.1 Å². The second-order valence-corrected chi connectivity index (χ2v) is 15.1. The van der Waals surface area contributed by atoms with Crippen LogP contribution in [0.15, 0.2) is 84.9 Å². The van der Waals surface area contributed by atoms with Crippen molar-refractivity contribution in [3.05, 3.63) is 102 Å². The Bertz CT molecular complexity index is 1580. The molecule has 3 aromatic carbocycles. The molecule has 0 spiro atoms. The van der Waals surface area contributed by atoms with Crippen LogP contribution in [0.1, 0.15) is 103 Å². The van der Waals surface area contributed by atoms with E-state index in [2.05, 4.69) is 17.6 Å². The van der Waals surface area contributed by atoms with E-state index < -0.39 is 53.2 Å². The summed E-state index contributed by atoms with van der Waals surface area (Å²) in [5.74, 6) is -1.85. The van der Waals surface area contributed by atoms with E-state index in [-0.39, 0.29) is 25.1 Å². The molecule has 0 heterocycles. The van der Waals surface area contributed by atoms with E-state index >= 15 is 0 Å². The highest BCUT2D eigenvalue weighted by atomic mass is 16.6. The maximum atomic E-state index is 14.9. The van der Waals surface area contributed by atoms with Crippen molar-refractivity contribution in [3.63, 3.8) is 0 Å². The first-order valence-electron chi connectivity index (χ1n) is 18.3. The molecule has 0 bridgehead atoms. The summed E-state index contributed by atoms with van der Waals surface area (Å²) in [7, 11) is 0. The molecule has 0 fully saturated rings. The molecule has 3 amide bonds. The van der Waals surface area contributed by atoms with Gasteiger partial charge in [-0.25, -0.2) is 9.59 Å². The number of aromatic hydroxyl groups is 1. The molecule has 282 valence electrons. The summed E-state index contributed by atoms with van der Waals surface area (Å²) >= 11 is 0. The first-order valence-corrected chi connectivity index (χ1v) is 18.3. The molecule has 52 heavy (non-hydrogen) atoms. The van der Waals surface area contributed by atoms with Crippen LogP contribution >= 0.6 is 0 Å². The Morgan fingerprint density at radius 3 is 1.79 bits per heavy atom. The summed E-state index contributed by atoms with van der Waals surface area (Å²) < 4.78 is 11.3. The molecule has 0 aliphatic heterocycles. The molecule has 0 aliphatic carbocycles. The topological polar surface area (TPSA) is 134 Å². The van der Waals surface area contributed by atoms with Crippen LogP contribution in [0.2, 0.25) is 0 Å². The molecule has 0 radical (unpaired) electrons. The number of hydrogen-bond acceptors (Lipinski definition) is 7. The number of phenolic OH excluding ortho intramolecular Hbond substituents is 1. The zero-order valence-corrected chi connectivity index (χ0v) is 31.8. The Kier molecular flexibility index (Phi) is 15.7. The number of alkyl carbamates (subject to hydrolysis) is 1. The highest BCUT2D eigenvalue weighted by molar-refractivity contribution is 5.94. The molecule has 3 N–H and O–H groups in total. The van der Waals surface area contributed by atoms with Crippen molar-refractivity contribution in [1.82, 2.24) is 15.5 Å². The normalized spacial score (nSPS) is 13.3. The van der Waals surface area contributed by atoms with Gasteiger partial charge in [0.25, 0.3) is 0 Å². The number of carbonyl (C=O) groups excluding carboxylic acids is 4. The summed E-state index contributed by atoms with van der Waals surface area (Å²) in [6.45, 7) is 12.8. The SMILES string of the molecule is CCCCCCCN(C(=O)C(Cc1ccccc1)NC(=O)OC(C)(C)C)C(C(=O)NC(Cc1ccccc1)C(=O)OC(C)(C)C)c1cccc(O)c1. The maximum Gasteiger partial charge on any atom is 0.408 e. The molecule has 0 aliphatic rings. The Balaban J connectivity index is 2.11. The third kappa shape index (κ3) is 14.4. The number of benzene rings is 3. The van der Waals surface area contributed by atoms with E-state index in [1.165, 1.54) is 17.0 Å². The number of carbonyl (C=O) groups is 4. The Labute approximate surface area is 309 Å². The fourth-order valence-electron chi connectivity index (χ4n) is 5.79.